The number of imidazole rings is 1. The van der Waals surface area contributed by atoms with Gasteiger partial charge in [0.05, 0.1) is 11.0 Å². The van der Waals surface area contributed by atoms with Gasteiger partial charge < -0.3 is 29.7 Å². The predicted molar refractivity (Wildman–Crippen MR) is 148 cm³/mol. The topological polar surface area (TPSA) is 134 Å². The number of hydrogen-bond donors (Lipinski definition) is 3. The van der Waals surface area contributed by atoms with Gasteiger partial charge in [-0.15, -0.1) is 0 Å². The number of aliphatic carboxylic acids is 1. The summed E-state index contributed by atoms with van der Waals surface area (Å²) in [5.41, 5.74) is 5.22. The molecule has 0 aliphatic carbocycles. The quantitative estimate of drug-likeness (QED) is 0.183. The molecule has 0 saturated carbocycles. The highest BCUT2D eigenvalue weighted by Gasteiger charge is 2.38. The molecule has 1 aliphatic heterocycles. The summed E-state index contributed by atoms with van der Waals surface area (Å²) in [5.74, 6) is -1.58. The number of urea groups is 1. The fourth-order valence-corrected chi connectivity index (χ4v) is 4.50. The van der Waals surface area contributed by atoms with Crippen molar-refractivity contribution in [1.82, 2.24) is 14.5 Å². The molecule has 1 aliphatic rings. The zero-order valence-electron chi connectivity index (χ0n) is 22.4. The van der Waals surface area contributed by atoms with E-state index in [0.717, 1.165) is 59.6 Å². The minimum absolute atomic E-state index is 0.0626. The van der Waals surface area contributed by atoms with Gasteiger partial charge in [-0.2, -0.15) is 13.2 Å². The Bertz CT molecular complexity index is 1600. The van der Waals surface area contributed by atoms with Crippen LogP contribution in [0.5, 0.6) is 5.75 Å². The first-order chi connectivity index (χ1) is 19.9. The van der Waals surface area contributed by atoms with E-state index >= 15 is 0 Å². The first kappa shape index (κ1) is 29.9. The van der Waals surface area contributed by atoms with Crippen LogP contribution in [0, 0.1) is 6.92 Å². The maximum atomic E-state index is 12.5. The number of anilines is 1. The van der Waals surface area contributed by atoms with Gasteiger partial charge in [0.15, 0.2) is 0 Å². The number of hydrogen-bond acceptors (Lipinski definition) is 5. The molecule has 13 heteroatoms. The van der Waals surface area contributed by atoms with E-state index in [1.165, 1.54) is 0 Å². The number of carbonyl (C=O) groups is 3. The maximum absolute atomic E-state index is 12.5. The molecule has 1 fully saturated rings. The number of halogens is 3. The van der Waals surface area contributed by atoms with Crippen LogP contribution in [0.3, 0.4) is 0 Å². The Morgan fingerprint density at radius 2 is 1.62 bits per heavy atom. The molecule has 5 rings (SSSR count). The summed E-state index contributed by atoms with van der Waals surface area (Å²) in [6.07, 6.45) is -4.32. The molecule has 0 spiro atoms. The number of carboxylic acid groups (broad SMARTS) is 2. The van der Waals surface area contributed by atoms with E-state index in [2.05, 4.69) is 14.9 Å². The molecule has 3 aromatic carbocycles. The van der Waals surface area contributed by atoms with Gasteiger partial charge in [-0.1, -0.05) is 42.5 Å². The summed E-state index contributed by atoms with van der Waals surface area (Å²) in [6, 6.07) is 20.7. The smallest absolute Gasteiger partial charge is 0.475 e. The fourth-order valence-electron chi connectivity index (χ4n) is 4.50. The lowest BCUT2D eigenvalue weighted by Gasteiger charge is -2.16. The van der Waals surface area contributed by atoms with Crippen LogP contribution < -0.4 is 10.1 Å². The highest BCUT2D eigenvalue weighted by atomic mass is 19.4. The number of amides is 2. The van der Waals surface area contributed by atoms with Gasteiger partial charge in [0.1, 0.15) is 11.6 Å². The van der Waals surface area contributed by atoms with Crippen LogP contribution in [-0.2, 0) is 11.3 Å². The summed E-state index contributed by atoms with van der Waals surface area (Å²) < 4.78 is 38.8. The molecular weight excluding hydrogens is 557 g/mol. The summed E-state index contributed by atoms with van der Waals surface area (Å²) in [6.45, 7) is 4.18. The number of fused-ring (bicyclic) bond motifs is 1. The van der Waals surface area contributed by atoms with Crippen molar-refractivity contribution in [3.05, 3.63) is 78.1 Å². The predicted octanol–water partition coefficient (Wildman–Crippen LogP) is 6.38. The van der Waals surface area contributed by atoms with Crippen molar-refractivity contribution in [2.24, 2.45) is 0 Å². The number of ether oxygens (including phenoxy) is 1. The van der Waals surface area contributed by atoms with E-state index in [1.54, 1.807) is 12.1 Å². The van der Waals surface area contributed by atoms with Crippen LogP contribution >= 0.6 is 0 Å². The largest absolute Gasteiger partial charge is 0.511 e. The molecule has 42 heavy (non-hydrogen) atoms. The molecule has 0 atom stereocenters. The second-order valence-electron chi connectivity index (χ2n) is 9.44. The Labute approximate surface area is 238 Å². The number of carboxylic acids is 1. The highest BCUT2D eigenvalue weighted by Crippen LogP contribution is 2.30. The summed E-state index contributed by atoms with van der Waals surface area (Å²) in [7, 11) is 0. The van der Waals surface area contributed by atoms with Gasteiger partial charge in [-0.25, -0.2) is 19.4 Å². The first-order valence-electron chi connectivity index (χ1n) is 12.8. The molecule has 2 amide bonds. The Morgan fingerprint density at radius 1 is 0.976 bits per heavy atom. The number of nitrogens with zero attached hydrogens (tertiary/aromatic N) is 3. The molecule has 3 N–H and O–H groups in total. The number of aryl methyl sites for hydroxylation is 1. The van der Waals surface area contributed by atoms with Crippen molar-refractivity contribution >= 4 is 34.9 Å². The average Bonchev–Trinajstić information content (AvgIpc) is 3.58. The second kappa shape index (κ2) is 12.6. The van der Waals surface area contributed by atoms with Gasteiger partial charge >= 0.3 is 24.3 Å². The third-order valence-electron chi connectivity index (χ3n) is 6.52. The van der Waals surface area contributed by atoms with Gasteiger partial charge in [0, 0.05) is 30.9 Å². The number of aromatic nitrogens is 2. The van der Waals surface area contributed by atoms with Gasteiger partial charge in [-0.05, 0) is 55.2 Å². The molecule has 0 radical (unpaired) electrons. The van der Waals surface area contributed by atoms with E-state index in [9.17, 15) is 22.8 Å². The van der Waals surface area contributed by atoms with E-state index in [0.29, 0.717) is 17.9 Å². The van der Waals surface area contributed by atoms with Gasteiger partial charge in [0.25, 0.3) is 0 Å². The lowest BCUT2D eigenvalue weighted by Crippen LogP contribution is -2.32. The lowest BCUT2D eigenvalue weighted by molar-refractivity contribution is -0.192. The van der Waals surface area contributed by atoms with Crippen molar-refractivity contribution in [1.29, 1.82) is 0 Å². The monoisotopic (exact) mass is 584 g/mol. The zero-order chi connectivity index (χ0) is 30.4. The van der Waals surface area contributed by atoms with Gasteiger partial charge in [0.2, 0.25) is 0 Å². The Morgan fingerprint density at radius 3 is 2.24 bits per heavy atom. The SMILES string of the molecule is Cc1nc2ccc(NC(=O)N3CCCC3)cc2n1Cc1ccc(-c2ccccc2OC(=O)O)cc1.O=C(O)C(F)(F)F. The molecule has 1 saturated heterocycles. The molecule has 10 nitrogen and oxygen atoms in total. The molecular formula is C29H27F3N4O6. The zero-order valence-corrected chi connectivity index (χ0v) is 22.4. The number of nitrogens with one attached hydrogen (secondary N) is 1. The number of para-hydroxylation sites is 1. The first-order valence-corrected chi connectivity index (χ1v) is 12.8. The van der Waals surface area contributed by atoms with Crippen molar-refractivity contribution in [3.63, 3.8) is 0 Å². The van der Waals surface area contributed by atoms with Crippen LogP contribution in [-0.4, -0.2) is 62.1 Å². The Kier molecular flexibility index (Phi) is 8.99. The molecule has 2 heterocycles. The minimum atomic E-state index is -5.08. The molecule has 4 aromatic rings. The standard InChI is InChI=1S/C27H26N4O4.C2HF3O2/c1-18-28-23-13-12-21(29-26(32)30-14-4-5-15-30)16-24(23)31(18)17-19-8-10-20(11-9-19)22-6-2-3-7-25(22)35-27(33)34;3-2(4,5)1(6)7/h2-3,6-13,16H,4-5,14-15,17H2,1H3,(H,29,32)(H,33,34);(H,6,7). The normalized spacial score (nSPS) is 12.9. The lowest BCUT2D eigenvalue weighted by atomic mass is 10.0. The van der Waals surface area contributed by atoms with Crippen LogP contribution in [0.25, 0.3) is 22.2 Å². The van der Waals surface area contributed by atoms with E-state index in [4.69, 9.17) is 19.7 Å². The summed E-state index contributed by atoms with van der Waals surface area (Å²) >= 11 is 0. The van der Waals surface area contributed by atoms with Crippen LogP contribution in [0.4, 0.5) is 28.4 Å². The van der Waals surface area contributed by atoms with Crippen molar-refractivity contribution in [3.8, 4) is 16.9 Å². The fraction of sp³-hybridized carbons (Fsp3) is 0.241. The maximum Gasteiger partial charge on any atom is 0.511 e. The van der Waals surface area contributed by atoms with E-state index in [1.807, 2.05) is 66.4 Å². The molecule has 0 unspecified atom stereocenters. The minimum Gasteiger partial charge on any atom is -0.475 e. The van der Waals surface area contributed by atoms with Crippen LogP contribution in [0.1, 0.15) is 24.2 Å². The molecule has 220 valence electrons. The number of benzene rings is 3. The summed E-state index contributed by atoms with van der Waals surface area (Å²) in [4.78, 5) is 38.9. The number of carbonyl (C=O) groups excluding carboxylic acids is 1. The third kappa shape index (κ3) is 7.36. The van der Waals surface area contributed by atoms with Crippen molar-refractivity contribution in [2.45, 2.75) is 32.5 Å². The number of likely N-dealkylation sites (tertiary alicyclic amines) is 1. The van der Waals surface area contributed by atoms with Crippen molar-refractivity contribution in [2.75, 3.05) is 18.4 Å². The van der Waals surface area contributed by atoms with Crippen LogP contribution in [0.15, 0.2) is 66.7 Å². The highest BCUT2D eigenvalue weighted by molar-refractivity contribution is 5.92. The third-order valence-corrected chi connectivity index (χ3v) is 6.52. The number of alkyl halides is 3. The Balaban J connectivity index is 0.000000517. The van der Waals surface area contributed by atoms with Crippen molar-refractivity contribution < 1.29 is 42.5 Å². The van der Waals surface area contributed by atoms with Gasteiger partial charge in [-0.3, -0.25) is 0 Å². The summed E-state index contributed by atoms with van der Waals surface area (Å²) in [5, 5.41) is 19.1. The van der Waals surface area contributed by atoms with Crippen LogP contribution in [0.2, 0.25) is 0 Å². The number of rotatable bonds is 5. The molecule has 1 aromatic heterocycles. The second-order valence-corrected chi connectivity index (χ2v) is 9.44. The Hall–Kier alpha value is -5.07. The molecule has 0 bridgehead atoms. The van der Waals surface area contributed by atoms with E-state index in [-0.39, 0.29) is 6.03 Å². The van der Waals surface area contributed by atoms with E-state index < -0.39 is 18.3 Å². The average molecular weight is 585 g/mol.